The smallest absolute Gasteiger partial charge is 0.322 e. The second kappa shape index (κ2) is 10.4. The van der Waals surface area contributed by atoms with E-state index in [1.807, 2.05) is 0 Å². The van der Waals surface area contributed by atoms with E-state index in [1.54, 1.807) is 0 Å². The molecule has 0 aliphatic rings. The van der Waals surface area contributed by atoms with Crippen LogP contribution in [0.15, 0.2) is 0 Å². The summed E-state index contributed by atoms with van der Waals surface area (Å²) in [4.78, 5) is 32.4. The van der Waals surface area contributed by atoms with Crippen LogP contribution in [0.1, 0.15) is 32.6 Å². The van der Waals surface area contributed by atoms with E-state index in [-0.39, 0.29) is 6.54 Å². The predicted molar refractivity (Wildman–Crippen MR) is 66.2 cm³/mol. The van der Waals surface area contributed by atoms with Gasteiger partial charge in [0.25, 0.3) is 0 Å². The van der Waals surface area contributed by atoms with Crippen LogP contribution in [0.25, 0.3) is 0 Å². The molecule has 104 valence electrons. The minimum atomic E-state index is -1.12. The minimum Gasteiger partial charge on any atom is -0.480 e. The maximum atomic E-state index is 11.2. The SMILES string of the molecule is CCCCCCNC(=O)NCC(=O)NCC(=O)O. The number of hydrogen-bond acceptors (Lipinski definition) is 3. The van der Waals surface area contributed by atoms with Crippen molar-refractivity contribution in [2.45, 2.75) is 32.6 Å². The Labute approximate surface area is 106 Å². The van der Waals surface area contributed by atoms with Crippen LogP contribution in [0, 0.1) is 0 Å². The molecule has 0 fully saturated rings. The third kappa shape index (κ3) is 10.7. The van der Waals surface area contributed by atoms with Crippen LogP contribution in [0.3, 0.4) is 0 Å². The number of carboxylic acid groups (broad SMARTS) is 1. The van der Waals surface area contributed by atoms with Crippen molar-refractivity contribution >= 4 is 17.9 Å². The summed E-state index contributed by atoms with van der Waals surface area (Å²) in [6.45, 7) is 2.01. The molecule has 18 heavy (non-hydrogen) atoms. The van der Waals surface area contributed by atoms with Crippen molar-refractivity contribution in [3.63, 3.8) is 0 Å². The fourth-order valence-corrected chi connectivity index (χ4v) is 1.21. The molecule has 0 bridgehead atoms. The molecule has 3 amide bonds. The lowest BCUT2D eigenvalue weighted by Gasteiger charge is -2.07. The molecule has 0 unspecified atom stereocenters. The molecule has 0 saturated heterocycles. The molecule has 0 saturated carbocycles. The Balaban J connectivity index is 3.46. The summed E-state index contributed by atoms with van der Waals surface area (Å²) in [6.07, 6.45) is 4.25. The predicted octanol–water partition coefficient (Wildman–Crippen LogP) is 0.0667. The Morgan fingerprint density at radius 2 is 1.67 bits per heavy atom. The van der Waals surface area contributed by atoms with Gasteiger partial charge >= 0.3 is 12.0 Å². The minimum absolute atomic E-state index is 0.228. The van der Waals surface area contributed by atoms with Gasteiger partial charge in [0.2, 0.25) is 5.91 Å². The summed E-state index contributed by atoms with van der Waals surface area (Å²) >= 11 is 0. The normalized spacial score (nSPS) is 9.61. The number of unbranched alkanes of at least 4 members (excludes halogenated alkanes) is 3. The summed E-state index contributed by atoms with van der Waals surface area (Å²) in [5.41, 5.74) is 0. The number of amides is 3. The largest absolute Gasteiger partial charge is 0.480 e. The standard InChI is InChI=1S/C11H21N3O4/c1-2-3-4-5-6-12-11(18)14-7-9(15)13-8-10(16)17/h2-8H2,1H3,(H,13,15)(H,16,17)(H2,12,14,18). The number of carbonyl (C=O) groups is 3. The van der Waals surface area contributed by atoms with Gasteiger partial charge in [-0.1, -0.05) is 26.2 Å². The van der Waals surface area contributed by atoms with E-state index in [0.717, 1.165) is 25.7 Å². The fourth-order valence-electron chi connectivity index (χ4n) is 1.21. The first-order chi connectivity index (χ1) is 8.56. The van der Waals surface area contributed by atoms with Crippen LogP contribution >= 0.6 is 0 Å². The lowest BCUT2D eigenvalue weighted by atomic mass is 10.2. The van der Waals surface area contributed by atoms with Gasteiger partial charge in [0.05, 0.1) is 6.54 Å². The average molecular weight is 259 g/mol. The lowest BCUT2D eigenvalue weighted by molar-refractivity contribution is -0.137. The van der Waals surface area contributed by atoms with Crippen LogP contribution in [-0.2, 0) is 9.59 Å². The van der Waals surface area contributed by atoms with Crippen LogP contribution < -0.4 is 16.0 Å². The third-order valence-corrected chi connectivity index (χ3v) is 2.16. The zero-order chi connectivity index (χ0) is 13.8. The van der Waals surface area contributed by atoms with Crippen molar-refractivity contribution in [2.24, 2.45) is 0 Å². The second-order valence-corrected chi connectivity index (χ2v) is 3.84. The molecular weight excluding hydrogens is 238 g/mol. The van der Waals surface area contributed by atoms with Gasteiger partial charge in [-0.2, -0.15) is 0 Å². The molecule has 0 atom stereocenters. The molecule has 0 aliphatic carbocycles. The van der Waals surface area contributed by atoms with E-state index in [1.165, 1.54) is 0 Å². The van der Waals surface area contributed by atoms with E-state index < -0.39 is 24.5 Å². The van der Waals surface area contributed by atoms with Crippen LogP contribution in [0.5, 0.6) is 0 Å². The second-order valence-electron chi connectivity index (χ2n) is 3.84. The summed E-state index contributed by atoms with van der Waals surface area (Å²) in [5, 5.41) is 15.4. The Hall–Kier alpha value is -1.79. The summed E-state index contributed by atoms with van der Waals surface area (Å²) in [7, 11) is 0. The highest BCUT2D eigenvalue weighted by atomic mass is 16.4. The molecule has 0 spiro atoms. The molecular formula is C11H21N3O4. The third-order valence-electron chi connectivity index (χ3n) is 2.16. The number of urea groups is 1. The Kier molecular flexibility index (Phi) is 9.34. The van der Waals surface area contributed by atoms with Gasteiger partial charge in [0.15, 0.2) is 0 Å². The van der Waals surface area contributed by atoms with Crippen molar-refractivity contribution in [3.05, 3.63) is 0 Å². The molecule has 0 radical (unpaired) electrons. The summed E-state index contributed by atoms with van der Waals surface area (Å²) in [6, 6.07) is -0.419. The zero-order valence-electron chi connectivity index (χ0n) is 10.6. The summed E-state index contributed by atoms with van der Waals surface area (Å²) in [5.74, 6) is -1.65. The Morgan fingerprint density at radius 3 is 2.28 bits per heavy atom. The first kappa shape index (κ1) is 16.2. The topological polar surface area (TPSA) is 108 Å². The number of nitrogens with one attached hydrogen (secondary N) is 3. The van der Waals surface area contributed by atoms with Crippen LogP contribution in [0.2, 0.25) is 0 Å². The van der Waals surface area contributed by atoms with Crippen molar-refractivity contribution in [3.8, 4) is 0 Å². The van der Waals surface area contributed by atoms with Crippen molar-refractivity contribution in [2.75, 3.05) is 19.6 Å². The summed E-state index contributed by atoms with van der Waals surface area (Å²) < 4.78 is 0. The molecule has 0 aromatic heterocycles. The lowest BCUT2D eigenvalue weighted by Crippen LogP contribution is -2.43. The molecule has 7 nitrogen and oxygen atoms in total. The van der Waals surface area contributed by atoms with E-state index in [2.05, 4.69) is 22.9 Å². The fraction of sp³-hybridized carbons (Fsp3) is 0.727. The molecule has 0 heterocycles. The van der Waals surface area contributed by atoms with Crippen LogP contribution in [-0.4, -0.2) is 42.6 Å². The number of carbonyl (C=O) groups excluding carboxylic acids is 2. The van der Waals surface area contributed by atoms with Gasteiger partial charge in [0.1, 0.15) is 6.54 Å². The van der Waals surface area contributed by atoms with E-state index >= 15 is 0 Å². The van der Waals surface area contributed by atoms with E-state index in [0.29, 0.717) is 6.54 Å². The van der Waals surface area contributed by atoms with Gasteiger partial charge in [-0.15, -0.1) is 0 Å². The van der Waals surface area contributed by atoms with Crippen molar-refractivity contribution < 1.29 is 19.5 Å². The number of hydrogen-bond donors (Lipinski definition) is 4. The van der Waals surface area contributed by atoms with E-state index in [9.17, 15) is 14.4 Å². The molecule has 7 heteroatoms. The first-order valence-electron chi connectivity index (χ1n) is 6.06. The maximum absolute atomic E-state index is 11.2. The highest BCUT2D eigenvalue weighted by Gasteiger charge is 2.05. The van der Waals surface area contributed by atoms with Crippen molar-refractivity contribution in [1.82, 2.24) is 16.0 Å². The highest BCUT2D eigenvalue weighted by molar-refractivity contribution is 5.86. The first-order valence-corrected chi connectivity index (χ1v) is 6.06. The van der Waals surface area contributed by atoms with Gasteiger partial charge in [-0.25, -0.2) is 4.79 Å². The maximum Gasteiger partial charge on any atom is 0.322 e. The van der Waals surface area contributed by atoms with Gasteiger partial charge < -0.3 is 21.1 Å². The number of rotatable bonds is 9. The molecule has 0 rings (SSSR count). The zero-order valence-corrected chi connectivity index (χ0v) is 10.6. The number of carboxylic acids is 1. The Morgan fingerprint density at radius 1 is 0.944 bits per heavy atom. The van der Waals surface area contributed by atoms with Gasteiger partial charge in [-0.3, -0.25) is 9.59 Å². The molecule has 0 aliphatic heterocycles. The highest BCUT2D eigenvalue weighted by Crippen LogP contribution is 1.96. The Bertz CT molecular complexity index is 281. The van der Waals surface area contributed by atoms with Crippen molar-refractivity contribution in [1.29, 1.82) is 0 Å². The number of aliphatic carboxylic acids is 1. The van der Waals surface area contributed by atoms with Gasteiger partial charge in [0, 0.05) is 6.54 Å². The van der Waals surface area contributed by atoms with Crippen LogP contribution in [0.4, 0.5) is 4.79 Å². The quantitative estimate of drug-likeness (QED) is 0.439. The molecule has 4 N–H and O–H groups in total. The molecule has 0 aromatic rings. The monoisotopic (exact) mass is 259 g/mol. The average Bonchev–Trinajstić information content (AvgIpc) is 2.33. The molecule has 0 aromatic carbocycles. The van der Waals surface area contributed by atoms with Gasteiger partial charge in [-0.05, 0) is 6.42 Å². The van der Waals surface area contributed by atoms with E-state index in [4.69, 9.17) is 5.11 Å².